The second-order valence-corrected chi connectivity index (χ2v) is 5.12. The van der Waals surface area contributed by atoms with E-state index in [1.165, 1.54) is 6.07 Å². The number of halogens is 2. The Kier molecular flexibility index (Phi) is 4.61. The van der Waals surface area contributed by atoms with Gasteiger partial charge in [-0.1, -0.05) is 6.07 Å². The number of hydrogen-bond donors (Lipinski definition) is 1. The molecule has 0 spiro atoms. The maximum absolute atomic E-state index is 13.7. The van der Waals surface area contributed by atoms with Gasteiger partial charge in [-0.3, -0.25) is 4.79 Å². The van der Waals surface area contributed by atoms with Crippen LogP contribution in [0.3, 0.4) is 0 Å². The number of nitrogens with one attached hydrogen (secondary N) is 1. The highest BCUT2D eigenvalue weighted by molar-refractivity contribution is 6.09. The fourth-order valence-corrected chi connectivity index (χ4v) is 2.26. The lowest BCUT2D eigenvalue weighted by molar-refractivity contribution is -0.112. The molecule has 2 aromatic rings. The molecule has 7 heteroatoms. The van der Waals surface area contributed by atoms with Crippen LogP contribution in [0.5, 0.6) is 11.5 Å². The summed E-state index contributed by atoms with van der Waals surface area (Å²) in [5.74, 6) is -1.50. The lowest BCUT2D eigenvalue weighted by Gasteiger charge is -2.18. The van der Waals surface area contributed by atoms with Crippen molar-refractivity contribution in [3.05, 3.63) is 59.2 Å². The quantitative estimate of drug-likeness (QED) is 0.686. The van der Waals surface area contributed by atoms with Crippen LogP contribution in [0.2, 0.25) is 0 Å². The minimum atomic E-state index is -0.861. The molecule has 25 heavy (non-hydrogen) atoms. The van der Waals surface area contributed by atoms with Gasteiger partial charge in [-0.15, -0.1) is 0 Å². The third-order valence-corrected chi connectivity index (χ3v) is 3.45. The SMILES string of the molecule is N#C/C(=C\c1c(F)cccc1F)C(=O)Nc1ccc2c(c1)OCCO2. The highest BCUT2D eigenvalue weighted by Gasteiger charge is 2.16. The fourth-order valence-electron chi connectivity index (χ4n) is 2.26. The smallest absolute Gasteiger partial charge is 0.266 e. The molecular weight excluding hydrogens is 330 g/mol. The third kappa shape index (κ3) is 3.58. The summed E-state index contributed by atoms with van der Waals surface area (Å²) >= 11 is 0. The summed E-state index contributed by atoms with van der Waals surface area (Å²) in [6, 6.07) is 9.68. The third-order valence-electron chi connectivity index (χ3n) is 3.45. The summed E-state index contributed by atoms with van der Waals surface area (Å²) in [4.78, 5) is 12.2. The number of nitrogens with zero attached hydrogens (tertiary/aromatic N) is 1. The molecule has 1 aliphatic rings. The summed E-state index contributed by atoms with van der Waals surface area (Å²) < 4.78 is 38.1. The van der Waals surface area contributed by atoms with E-state index in [0.29, 0.717) is 30.4 Å². The van der Waals surface area contributed by atoms with Crippen LogP contribution in [0.4, 0.5) is 14.5 Å². The first kappa shape index (κ1) is 16.5. The van der Waals surface area contributed by atoms with Gasteiger partial charge in [0.25, 0.3) is 5.91 Å². The van der Waals surface area contributed by atoms with E-state index in [9.17, 15) is 13.6 Å². The van der Waals surface area contributed by atoms with Crippen LogP contribution in [0.25, 0.3) is 6.08 Å². The molecule has 1 amide bonds. The summed E-state index contributed by atoms with van der Waals surface area (Å²) in [7, 11) is 0. The molecular formula is C18H12F2N2O3. The summed E-state index contributed by atoms with van der Waals surface area (Å²) in [6.07, 6.45) is 0.873. The maximum Gasteiger partial charge on any atom is 0.266 e. The van der Waals surface area contributed by atoms with Crippen LogP contribution in [0, 0.1) is 23.0 Å². The lowest BCUT2D eigenvalue weighted by Crippen LogP contribution is -2.17. The molecule has 0 atom stereocenters. The average molecular weight is 342 g/mol. The Hall–Kier alpha value is -3.40. The molecule has 0 aromatic heterocycles. The number of carbonyl (C=O) groups excluding carboxylic acids is 1. The molecule has 5 nitrogen and oxygen atoms in total. The van der Waals surface area contributed by atoms with E-state index in [1.807, 2.05) is 0 Å². The maximum atomic E-state index is 13.7. The normalized spacial score (nSPS) is 13.1. The lowest BCUT2D eigenvalue weighted by atomic mass is 10.1. The molecule has 1 heterocycles. The van der Waals surface area contributed by atoms with Crippen molar-refractivity contribution in [2.45, 2.75) is 0 Å². The predicted molar refractivity (Wildman–Crippen MR) is 86.0 cm³/mol. The zero-order valence-corrected chi connectivity index (χ0v) is 12.9. The molecule has 1 N–H and O–H groups in total. The van der Waals surface area contributed by atoms with Gasteiger partial charge in [-0.05, 0) is 30.3 Å². The van der Waals surface area contributed by atoms with Crippen molar-refractivity contribution in [3.63, 3.8) is 0 Å². The van der Waals surface area contributed by atoms with Crippen molar-refractivity contribution in [1.82, 2.24) is 0 Å². The van der Waals surface area contributed by atoms with E-state index >= 15 is 0 Å². The Morgan fingerprint density at radius 2 is 1.80 bits per heavy atom. The van der Waals surface area contributed by atoms with E-state index in [4.69, 9.17) is 14.7 Å². The summed E-state index contributed by atoms with van der Waals surface area (Å²) in [5.41, 5.74) is -0.514. The first-order chi connectivity index (χ1) is 12.1. The zero-order valence-electron chi connectivity index (χ0n) is 12.9. The minimum Gasteiger partial charge on any atom is -0.486 e. The van der Waals surface area contributed by atoms with Gasteiger partial charge >= 0.3 is 0 Å². The van der Waals surface area contributed by atoms with Crippen molar-refractivity contribution in [2.24, 2.45) is 0 Å². The number of ether oxygens (including phenoxy) is 2. The van der Waals surface area contributed by atoms with Crippen molar-refractivity contribution in [2.75, 3.05) is 18.5 Å². The Bertz CT molecular complexity index is 883. The fraction of sp³-hybridized carbons (Fsp3) is 0.111. The molecule has 126 valence electrons. The largest absolute Gasteiger partial charge is 0.486 e. The van der Waals surface area contributed by atoms with Crippen LogP contribution < -0.4 is 14.8 Å². The van der Waals surface area contributed by atoms with Crippen LogP contribution in [-0.4, -0.2) is 19.1 Å². The molecule has 0 bridgehead atoms. The van der Waals surface area contributed by atoms with E-state index < -0.39 is 28.7 Å². The number of nitriles is 1. The van der Waals surface area contributed by atoms with Crippen LogP contribution in [0.15, 0.2) is 42.0 Å². The Morgan fingerprint density at radius 1 is 1.12 bits per heavy atom. The molecule has 2 aromatic carbocycles. The van der Waals surface area contributed by atoms with E-state index in [0.717, 1.165) is 18.2 Å². The van der Waals surface area contributed by atoms with Gasteiger partial charge in [-0.25, -0.2) is 8.78 Å². The standard InChI is InChI=1S/C18H12F2N2O3/c19-14-2-1-3-15(20)13(14)8-11(10-21)18(23)22-12-4-5-16-17(9-12)25-7-6-24-16/h1-5,8-9H,6-7H2,(H,22,23)/b11-8+. The molecule has 1 aliphatic heterocycles. The number of amides is 1. The van der Waals surface area contributed by atoms with Gasteiger partial charge in [0.1, 0.15) is 36.5 Å². The van der Waals surface area contributed by atoms with Gasteiger partial charge in [0, 0.05) is 17.3 Å². The molecule has 3 rings (SSSR count). The van der Waals surface area contributed by atoms with Gasteiger partial charge in [0.2, 0.25) is 0 Å². The van der Waals surface area contributed by atoms with Crippen LogP contribution in [-0.2, 0) is 4.79 Å². The van der Waals surface area contributed by atoms with Crippen molar-refractivity contribution in [1.29, 1.82) is 5.26 Å². The first-order valence-corrected chi connectivity index (χ1v) is 7.35. The Labute approximate surface area is 142 Å². The van der Waals surface area contributed by atoms with Crippen LogP contribution in [0.1, 0.15) is 5.56 Å². The van der Waals surface area contributed by atoms with E-state index in [-0.39, 0.29) is 0 Å². The van der Waals surface area contributed by atoms with Gasteiger partial charge in [0.05, 0.1) is 0 Å². The molecule has 0 radical (unpaired) electrons. The average Bonchev–Trinajstić information content (AvgIpc) is 2.61. The number of rotatable bonds is 3. The number of fused-ring (bicyclic) bond motifs is 1. The molecule has 0 saturated heterocycles. The highest BCUT2D eigenvalue weighted by Crippen LogP contribution is 2.32. The highest BCUT2D eigenvalue weighted by atomic mass is 19.1. The van der Waals surface area contributed by atoms with Gasteiger partial charge in [0.15, 0.2) is 11.5 Å². The molecule has 0 unspecified atom stereocenters. The monoisotopic (exact) mass is 342 g/mol. The second-order valence-electron chi connectivity index (χ2n) is 5.12. The topological polar surface area (TPSA) is 71.4 Å². The number of carbonyl (C=O) groups is 1. The number of anilines is 1. The van der Waals surface area contributed by atoms with E-state index in [2.05, 4.69) is 5.32 Å². The Balaban J connectivity index is 1.84. The first-order valence-electron chi connectivity index (χ1n) is 7.35. The molecule has 0 aliphatic carbocycles. The summed E-state index contributed by atoms with van der Waals surface area (Å²) in [6.45, 7) is 0.828. The van der Waals surface area contributed by atoms with Gasteiger partial charge in [-0.2, -0.15) is 5.26 Å². The van der Waals surface area contributed by atoms with E-state index in [1.54, 1.807) is 24.3 Å². The van der Waals surface area contributed by atoms with Crippen molar-refractivity contribution < 1.29 is 23.0 Å². The van der Waals surface area contributed by atoms with Crippen LogP contribution >= 0.6 is 0 Å². The predicted octanol–water partition coefficient (Wildman–Crippen LogP) is 3.28. The number of benzene rings is 2. The summed E-state index contributed by atoms with van der Waals surface area (Å²) in [5, 5.41) is 11.6. The van der Waals surface area contributed by atoms with Gasteiger partial charge < -0.3 is 14.8 Å². The molecule has 0 fully saturated rings. The minimum absolute atomic E-state index is 0.365. The number of hydrogen-bond acceptors (Lipinski definition) is 4. The van der Waals surface area contributed by atoms with Crippen molar-refractivity contribution >= 4 is 17.7 Å². The van der Waals surface area contributed by atoms with Crippen molar-refractivity contribution in [3.8, 4) is 17.6 Å². The molecule has 0 saturated carbocycles. The second kappa shape index (κ2) is 7.01. The Morgan fingerprint density at radius 3 is 2.48 bits per heavy atom. The zero-order chi connectivity index (χ0) is 17.8.